The lowest BCUT2D eigenvalue weighted by molar-refractivity contribution is -0.274. The van der Waals surface area contributed by atoms with Crippen molar-refractivity contribution in [2.45, 2.75) is 45.3 Å². The molecule has 1 aromatic heterocycles. The van der Waals surface area contributed by atoms with Gasteiger partial charge in [0.25, 0.3) is 0 Å². The maximum absolute atomic E-state index is 12.6. The molecule has 0 atom stereocenters. The van der Waals surface area contributed by atoms with Gasteiger partial charge in [-0.25, -0.2) is 9.78 Å². The third-order valence-electron chi connectivity index (χ3n) is 5.34. The van der Waals surface area contributed by atoms with Gasteiger partial charge < -0.3 is 9.64 Å². The van der Waals surface area contributed by atoms with E-state index < -0.39 is 6.36 Å². The largest absolute Gasteiger partial charge is 0.573 e. The van der Waals surface area contributed by atoms with Crippen LogP contribution in [0.3, 0.4) is 0 Å². The first-order valence-electron chi connectivity index (χ1n) is 9.21. The highest BCUT2D eigenvalue weighted by atomic mass is 19.4. The lowest BCUT2D eigenvalue weighted by Crippen LogP contribution is -2.45. The number of alkyl halides is 3. The van der Waals surface area contributed by atoms with Crippen LogP contribution in [0.5, 0.6) is 5.75 Å². The summed E-state index contributed by atoms with van der Waals surface area (Å²) in [6, 6.07) is 6.18. The van der Waals surface area contributed by atoms with E-state index in [9.17, 15) is 18.0 Å². The van der Waals surface area contributed by atoms with E-state index in [1.807, 2.05) is 11.8 Å². The first-order chi connectivity index (χ1) is 13.3. The summed E-state index contributed by atoms with van der Waals surface area (Å²) in [5.41, 5.74) is 1.87. The van der Waals surface area contributed by atoms with Crippen LogP contribution >= 0.6 is 0 Å². The van der Waals surface area contributed by atoms with Crippen molar-refractivity contribution in [2.75, 3.05) is 13.1 Å². The summed E-state index contributed by atoms with van der Waals surface area (Å²) in [7, 11) is 0. The van der Waals surface area contributed by atoms with Crippen LogP contribution in [-0.4, -0.2) is 50.9 Å². The number of piperidine rings is 1. The average molecular weight is 394 g/mol. The normalized spacial score (nSPS) is 18.6. The molecule has 0 radical (unpaired) electrons. The van der Waals surface area contributed by atoms with Crippen molar-refractivity contribution in [1.82, 2.24) is 19.4 Å². The Kier molecular flexibility index (Phi) is 4.78. The van der Waals surface area contributed by atoms with Crippen LogP contribution < -0.4 is 4.74 Å². The van der Waals surface area contributed by atoms with Gasteiger partial charge in [-0.2, -0.15) is 0 Å². The first-order valence-corrected chi connectivity index (χ1v) is 9.21. The van der Waals surface area contributed by atoms with Gasteiger partial charge in [0.15, 0.2) is 0 Å². The first kappa shape index (κ1) is 18.8. The van der Waals surface area contributed by atoms with Crippen molar-refractivity contribution < 1.29 is 22.7 Å². The van der Waals surface area contributed by atoms with Crippen molar-refractivity contribution in [2.24, 2.45) is 0 Å². The summed E-state index contributed by atoms with van der Waals surface area (Å²) in [6.07, 6.45) is -1.17. The molecule has 0 spiro atoms. The Morgan fingerprint density at radius 2 is 1.86 bits per heavy atom. The maximum Gasteiger partial charge on any atom is 0.573 e. The minimum absolute atomic E-state index is 0.00343. The zero-order valence-electron chi connectivity index (χ0n) is 15.4. The number of fused-ring (bicyclic) bond motifs is 1. The minimum Gasteiger partial charge on any atom is -0.406 e. The highest BCUT2D eigenvalue weighted by Gasteiger charge is 2.35. The van der Waals surface area contributed by atoms with Gasteiger partial charge in [0.1, 0.15) is 11.6 Å². The summed E-state index contributed by atoms with van der Waals surface area (Å²) in [5.74, 6) is 0.508. The fourth-order valence-electron chi connectivity index (χ4n) is 3.96. The van der Waals surface area contributed by atoms with E-state index in [1.165, 1.54) is 12.1 Å². The van der Waals surface area contributed by atoms with E-state index in [4.69, 9.17) is 0 Å². The molecule has 1 aromatic carbocycles. The van der Waals surface area contributed by atoms with Gasteiger partial charge in [0.05, 0.1) is 18.4 Å². The molecule has 150 valence electrons. The summed E-state index contributed by atoms with van der Waals surface area (Å²) in [4.78, 5) is 21.0. The lowest BCUT2D eigenvalue weighted by atomic mass is 10.0. The van der Waals surface area contributed by atoms with Gasteiger partial charge in [-0.05, 0) is 37.5 Å². The standard InChI is InChI=1S/C19H21F3N4O2/c1-13-23-10-16-12-25(18(27)26(13)16)15-6-8-24(9-7-15)11-14-2-4-17(5-3-14)28-19(20,21)22/h2-5,10,15H,6-9,11-12H2,1H3. The number of aromatic nitrogens is 2. The monoisotopic (exact) mass is 394 g/mol. The number of benzene rings is 1. The Bertz CT molecular complexity index is 855. The molecule has 3 heterocycles. The second kappa shape index (κ2) is 7.12. The van der Waals surface area contributed by atoms with Crippen molar-refractivity contribution in [3.05, 3.63) is 47.5 Å². The van der Waals surface area contributed by atoms with Gasteiger partial charge >= 0.3 is 12.4 Å². The molecule has 6 nitrogen and oxygen atoms in total. The third-order valence-corrected chi connectivity index (χ3v) is 5.34. The smallest absolute Gasteiger partial charge is 0.406 e. The second-order valence-electron chi connectivity index (χ2n) is 7.24. The SMILES string of the molecule is Cc1ncc2n1C(=O)N(C1CCN(Cc3ccc(OC(F)(F)F)cc3)CC1)C2. The number of hydrogen-bond donors (Lipinski definition) is 0. The topological polar surface area (TPSA) is 50.6 Å². The number of imidazole rings is 1. The molecule has 0 unspecified atom stereocenters. The number of amides is 1. The minimum atomic E-state index is -4.67. The molecule has 28 heavy (non-hydrogen) atoms. The van der Waals surface area contributed by atoms with Crippen LogP contribution in [0.2, 0.25) is 0 Å². The molecule has 0 aliphatic carbocycles. The Labute approximate surface area is 160 Å². The molecular formula is C19H21F3N4O2. The number of nitrogens with zero attached hydrogens (tertiary/aromatic N) is 4. The number of hydrogen-bond acceptors (Lipinski definition) is 4. The van der Waals surface area contributed by atoms with Crippen LogP contribution in [0.4, 0.5) is 18.0 Å². The molecule has 2 aliphatic rings. The van der Waals surface area contributed by atoms with Crippen molar-refractivity contribution in [3.63, 3.8) is 0 Å². The van der Waals surface area contributed by atoms with Gasteiger partial charge in [-0.3, -0.25) is 9.47 Å². The molecule has 1 saturated heterocycles. The van der Waals surface area contributed by atoms with Gasteiger partial charge in [-0.15, -0.1) is 13.2 Å². The Balaban J connectivity index is 1.30. The van der Waals surface area contributed by atoms with Crippen LogP contribution in [0.1, 0.15) is 29.9 Å². The molecule has 0 N–H and O–H groups in total. The van der Waals surface area contributed by atoms with E-state index in [0.717, 1.165) is 43.0 Å². The predicted molar refractivity (Wildman–Crippen MR) is 94.7 cm³/mol. The van der Waals surface area contributed by atoms with Gasteiger partial charge in [-0.1, -0.05) is 12.1 Å². The molecule has 0 bridgehead atoms. The van der Waals surface area contributed by atoms with Crippen molar-refractivity contribution >= 4 is 6.03 Å². The second-order valence-corrected chi connectivity index (χ2v) is 7.24. The van der Waals surface area contributed by atoms with E-state index >= 15 is 0 Å². The van der Waals surface area contributed by atoms with E-state index in [-0.39, 0.29) is 17.8 Å². The van der Waals surface area contributed by atoms with Crippen molar-refractivity contribution in [1.29, 1.82) is 0 Å². The number of rotatable bonds is 4. The number of carbonyl (C=O) groups is 1. The predicted octanol–water partition coefficient (Wildman–Crippen LogP) is 3.54. The van der Waals surface area contributed by atoms with Crippen molar-refractivity contribution in [3.8, 4) is 5.75 Å². The number of ether oxygens (including phenoxy) is 1. The summed E-state index contributed by atoms with van der Waals surface area (Å²) >= 11 is 0. The molecule has 2 aliphatic heterocycles. The zero-order valence-corrected chi connectivity index (χ0v) is 15.4. The Morgan fingerprint density at radius 1 is 1.18 bits per heavy atom. The summed E-state index contributed by atoms with van der Waals surface area (Å²) in [5, 5.41) is 0. The van der Waals surface area contributed by atoms with Gasteiger partial charge in [0.2, 0.25) is 0 Å². The lowest BCUT2D eigenvalue weighted by Gasteiger charge is -2.36. The highest BCUT2D eigenvalue weighted by Crippen LogP contribution is 2.27. The Morgan fingerprint density at radius 3 is 2.46 bits per heavy atom. The molecule has 1 fully saturated rings. The number of halogens is 3. The van der Waals surface area contributed by atoms with E-state index in [2.05, 4.69) is 14.6 Å². The van der Waals surface area contributed by atoms with Crippen LogP contribution in [-0.2, 0) is 13.1 Å². The molecule has 0 saturated carbocycles. The summed E-state index contributed by atoms with van der Waals surface area (Å²) in [6.45, 7) is 4.77. The molecule has 2 aromatic rings. The third kappa shape index (κ3) is 3.84. The molecular weight excluding hydrogens is 373 g/mol. The number of likely N-dealkylation sites (tertiary alicyclic amines) is 1. The maximum atomic E-state index is 12.6. The van der Waals surface area contributed by atoms with Crippen LogP contribution in [0, 0.1) is 6.92 Å². The summed E-state index contributed by atoms with van der Waals surface area (Å²) < 4.78 is 42.3. The highest BCUT2D eigenvalue weighted by molar-refractivity contribution is 5.81. The molecule has 9 heteroatoms. The fraction of sp³-hybridized carbons (Fsp3) is 0.474. The average Bonchev–Trinajstić information content (AvgIpc) is 3.17. The molecule has 4 rings (SSSR count). The fourth-order valence-corrected chi connectivity index (χ4v) is 3.96. The number of aryl methyl sites for hydroxylation is 1. The zero-order chi connectivity index (χ0) is 19.9. The van der Waals surface area contributed by atoms with E-state index in [1.54, 1.807) is 22.9 Å². The Hall–Kier alpha value is -2.55. The van der Waals surface area contributed by atoms with Gasteiger partial charge in [0, 0.05) is 25.7 Å². The quantitative estimate of drug-likeness (QED) is 0.796. The van der Waals surface area contributed by atoms with Crippen LogP contribution in [0.25, 0.3) is 0 Å². The van der Waals surface area contributed by atoms with E-state index in [0.29, 0.717) is 13.1 Å². The molecule has 1 amide bonds. The van der Waals surface area contributed by atoms with Crippen LogP contribution in [0.15, 0.2) is 30.5 Å². The number of carbonyl (C=O) groups excluding carboxylic acids is 1.